The molecule has 12 nitrogen and oxygen atoms in total. The number of carbonyl (C=O) groups excluding carboxylic acids is 5. The van der Waals surface area contributed by atoms with Gasteiger partial charge < -0.3 is 30.4 Å². The summed E-state index contributed by atoms with van der Waals surface area (Å²) in [7, 11) is 1.53. The van der Waals surface area contributed by atoms with E-state index < -0.39 is 53.6 Å². The quantitative estimate of drug-likeness (QED) is 0.260. The number of esters is 1. The Bertz CT molecular complexity index is 1370. The van der Waals surface area contributed by atoms with E-state index in [4.69, 9.17) is 9.47 Å². The van der Waals surface area contributed by atoms with E-state index in [0.717, 1.165) is 6.42 Å². The first kappa shape index (κ1) is 32.1. The molecule has 0 unspecified atom stereocenters. The van der Waals surface area contributed by atoms with Gasteiger partial charge in [-0.1, -0.05) is 19.9 Å². The molecule has 1 aliphatic rings. The lowest BCUT2D eigenvalue weighted by Crippen LogP contribution is -2.54. The van der Waals surface area contributed by atoms with E-state index in [1.807, 2.05) is 19.9 Å². The van der Waals surface area contributed by atoms with Crippen LogP contribution in [0.2, 0.25) is 0 Å². The van der Waals surface area contributed by atoms with Crippen LogP contribution in [0.3, 0.4) is 0 Å². The molecule has 3 atom stereocenters. The number of carbonyl (C=O) groups is 5. The number of nitriles is 1. The van der Waals surface area contributed by atoms with Crippen molar-refractivity contribution in [2.45, 2.75) is 65.5 Å². The van der Waals surface area contributed by atoms with E-state index in [9.17, 15) is 29.2 Å². The summed E-state index contributed by atoms with van der Waals surface area (Å²) < 4.78 is 10.5. The van der Waals surface area contributed by atoms with Gasteiger partial charge in [0.2, 0.25) is 11.8 Å². The Morgan fingerprint density at radius 3 is 2.55 bits per heavy atom. The Kier molecular flexibility index (Phi) is 10.7. The lowest BCUT2D eigenvalue weighted by atomic mass is 9.89. The Morgan fingerprint density at radius 1 is 1.17 bits per heavy atom. The summed E-state index contributed by atoms with van der Waals surface area (Å²) in [6.07, 6.45) is 1.53. The van der Waals surface area contributed by atoms with Gasteiger partial charge in [-0.3, -0.25) is 24.0 Å². The van der Waals surface area contributed by atoms with Crippen molar-refractivity contribution < 1.29 is 33.4 Å². The standard InChI is InChI=1S/C30H39N5O7/c1-17(2)12-22(35-28(39)23-14-19-20(33-23)9-6-10-25(19)41-5)27(38)34-21(13-18-8-7-11-32-26(18)37)24(36)15-42-29(40)30(3,4)16-31/h6,9-10,14,17-18,21-22,33H,7-8,11-13,15H2,1-5H3,(H,32,37)(H,34,38)(H,35,39)/t18-,21-,22-/m0/s1. The van der Waals surface area contributed by atoms with Crippen LogP contribution < -0.4 is 20.7 Å². The highest BCUT2D eigenvalue weighted by Gasteiger charge is 2.35. The minimum Gasteiger partial charge on any atom is -0.496 e. The van der Waals surface area contributed by atoms with Gasteiger partial charge in [-0.25, -0.2) is 0 Å². The normalized spacial score (nSPS) is 16.6. The smallest absolute Gasteiger partial charge is 0.326 e. The van der Waals surface area contributed by atoms with Gasteiger partial charge >= 0.3 is 5.97 Å². The number of benzene rings is 1. The topological polar surface area (TPSA) is 179 Å². The van der Waals surface area contributed by atoms with Crippen LogP contribution in [-0.2, 0) is 23.9 Å². The largest absolute Gasteiger partial charge is 0.496 e. The van der Waals surface area contributed by atoms with E-state index in [2.05, 4.69) is 20.9 Å². The number of hydrogen-bond donors (Lipinski definition) is 4. The van der Waals surface area contributed by atoms with Gasteiger partial charge in [-0.2, -0.15) is 5.26 Å². The average Bonchev–Trinajstić information content (AvgIpc) is 3.40. The van der Waals surface area contributed by atoms with Crippen molar-refractivity contribution in [2.75, 3.05) is 20.3 Å². The molecule has 2 aromatic rings. The number of aromatic nitrogens is 1. The molecule has 1 saturated heterocycles. The highest BCUT2D eigenvalue weighted by Crippen LogP contribution is 2.26. The predicted molar refractivity (Wildman–Crippen MR) is 153 cm³/mol. The van der Waals surface area contributed by atoms with Crippen LogP contribution in [0.4, 0.5) is 0 Å². The fourth-order valence-corrected chi connectivity index (χ4v) is 4.72. The number of piperidine rings is 1. The number of rotatable bonds is 13. The lowest BCUT2D eigenvalue weighted by molar-refractivity contribution is -0.154. The molecular weight excluding hydrogens is 542 g/mol. The second-order valence-corrected chi connectivity index (χ2v) is 11.5. The van der Waals surface area contributed by atoms with Crippen LogP contribution in [0.5, 0.6) is 5.75 Å². The van der Waals surface area contributed by atoms with Crippen molar-refractivity contribution >= 4 is 40.4 Å². The monoisotopic (exact) mass is 581 g/mol. The maximum atomic E-state index is 13.5. The van der Waals surface area contributed by atoms with Gasteiger partial charge in [0.25, 0.3) is 5.91 Å². The van der Waals surface area contributed by atoms with Gasteiger partial charge in [-0.05, 0) is 63.6 Å². The summed E-state index contributed by atoms with van der Waals surface area (Å²) in [5.74, 6) is -2.78. The highest BCUT2D eigenvalue weighted by atomic mass is 16.5. The van der Waals surface area contributed by atoms with Crippen LogP contribution in [0.15, 0.2) is 24.3 Å². The Morgan fingerprint density at radius 2 is 1.90 bits per heavy atom. The maximum absolute atomic E-state index is 13.5. The molecule has 1 aromatic heterocycles. The number of Topliss-reactive ketones (excluding diaryl/α,β-unsaturated/α-hetero) is 1. The van der Waals surface area contributed by atoms with Crippen LogP contribution in [0.1, 0.15) is 63.9 Å². The lowest BCUT2D eigenvalue weighted by Gasteiger charge is -2.28. The molecule has 226 valence electrons. The summed E-state index contributed by atoms with van der Waals surface area (Å²) in [6.45, 7) is 6.38. The second-order valence-electron chi connectivity index (χ2n) is 11.5. The molecule has 3 rings (SSSR count). The van der Waals surface area contributed by atoms with E-state index in [1.54, 1.807) is 24.3 Å². The Balaban J connectivity index is 1.79. The van der Waals surface area contributed by atoms with Crippen molar-refractivity contribution in [3.63, 3.8) is 0 Å². The molecule has 42 heavy (non-hydrogen) atoms. The number of ether oxygens (including phenoxy) is 2. The van der Waals surface area contributed by atoms with Gasteiger partial charge in [-0.15, -0.1) is 0 Å². The number of amides is 3. The van der Waals surface area contributed by atoms with Gasteiger partial charge in [0.15, 0.2) is 12.4 Å². The van der Waals surface area contributed by atoms with Crippen LogP contribution in [0, 0.1) is 28.6 Å². The zero-order valence-corrected chi connectivity index (χ0v) is 24.7. The number of fused-ring (bicyclic) bond motifs is 1. The summed E-state index contributed by atoms with van der Waals surface area (Å²) in [5, 5.41) is 18.1. The van der Waals surface area contributed by atoms with E-state index in [0.29, 0.717) is 29.6 Å². The molecule has 3 amide bonds. The van der Waals surface area contributed by atoms with Gasteiger partial charge in [0, 0.05) is 23.4 Å². The maximum Gasteiger partial charge on any atom is 0.326 e. The molecule has 0 spiro atoms. The van der Waals surface area contributed by atoms with Crippen LogP contribution in [0.25, 0.3) is 10.9 Å². The van der Waals surface area contributed by atoms with Crippen molar-refractivity contribution in [3.8, 4) is 11.8 Å². The van der Waals surface area contributed by atoms with Crippen LogP contribution >= 0.6 is 0 Å². The summed E-state index contributed by atoms with van der Waals surface area (Å²) in [6, 6.07) is 6.66. The number of nitrogens with one attached hydrogen (secondary N) is 4. The average molecular weight is 582 g/mol. The first-order valence-corrected chi connectivity index (χ1v) is 14.0. The second kappa shape index (κ2) is 14.0. The molecule has 0 saturated carbocycles. The third-order valence-corrected chi connectivity index (χ3v) is 7.18. The third kappa shape index (κ3) is 8.09. The van der Waals surface area contributed by atoms with E-state index in [1.165, 1.54) is 21.0 Å². The molecular formula is C30H39N5O7. The molecule has 4 N–H and O–H groups in total. The number of hydrogen-bond acceptors (Lipinski definition) is 8. The van der Waals surface area contributed by atoms with Crippen molar-refractivity contribution in [2.24, 2.45) is 17.3 Å². The number of H-pyrrole nitrogens is 1. The van der Waals surface area contributed by atoms with E-state index in [-0.39, 0.29) is 30.4 Å². The summed E-state index contributed by atoms with van der Waals surface area (Å²) >= 11 is 0. The van der Waals surface area contributed by atoms with Crippen molar-refractivity contribution in [3.05, 3.63) is 30.0 Å². The number of nitrogens with zero attached hydrogens (tertiary/aromatic N) is 1. The fourth-order valence-electron chi connectivity index (χ4n) is 4.72. The van der Waals surface area contributed by atoms with Crippen molar-refractivity contribution in [1.29, 1.82) is 5.26 Å². The van der Waals surface area contributed by atoms with Crippen LogP contribution in [-0.4, -0.2) is 66.8 Å². The molecule has 2 heterocycles. The molecule has 0 radical (unpaired) electrons. The third-order valence-electron chi connectivity index (χ3n) is 7.18. The molecule has 0 bridgehead atoms. The first-order chi connectivity index (χ1) is 19.9. The molecule has 1 aromatic carbocycles. The zero-order valence-electron chi connectivity index (χ0n) is 24.7. The summed E-state index contributed by atoms with van der Waals surface area (Å²) in [5.41, 5.74) is -0.536. The molecule has 12 heteroatoms. The summed E-state index contributed by atoms with van der Waals surface area (Å²) in [4.78, 5) is 67.7. The van der Waals surface area contributed by atoms with Crippen molar-refractivity contribution in [1.82, 2.24) is 20.9 Å². The van der Waals surface area contributed by atoms with Gasteiger partial charge in [0.05, 0.1) is 19.2 Å². The number of methoxy groups -OCH3 is 1. The highest BCUT2D eigenvalue weighted by molar-refractivity contribution is 6.02. The van der Waals surface area contributed by atoms with E-state index >= 15 is 0 Å². The zero-order chi connectivity index (χ0) is 31.0. The molecule has 1 aliphatic heterocycles. The van der Waals surface area contributed by atoms with Gasteiger partial charge in [0.1, 0.15) is 22.9 Å². The number of ketones is 1. The number of aromatic amines is 1. The molecule has 1 fully saturated rings. The predicted octanol–water partition coefficient (Wildman–Crippen LogP) is 2.38. The molecule has 0 aliphatic carbocycles. The minimum absolute atomic E-state index is 0.000241. The Hall–Kier alpha value is -4.40. The Labute approximate surface area is 244 Å². The fraction of sp³-hybridized carbons (Fsp3) is 0.533. The first-order valence-electron chi connectivity index (χ1n) is 14.0. The SMILES string of the molecule is COc1cccc2[nH]c(C(=O)N[C@@H](CC(C)C)C(=O)N[C@@H](C[C@@H]3CCCNC3=O)C(=O)COC(=O)C(C)(C)C#N)cc12. The minimum atomic E-state index is -1.46.